The lowest BCUT2D eigenvalue weighted by Crippen LogP contribution is -2.13. The van der Waals surface area contributed by atoms with E-state index in [4.69, 9.17) is 27.2 Å². The van der Waals surface area contributed by atoms with E-state index in [0.29, 0.717) is 20.9 Å². The van der Waals surface area contributed by atoms with E-state index < -0.39 is 6.10 Å². The number of rotatable bonds is 3. The molecule has 0 aromatic heterocycles. The first-order valence-corrected chi connectivity index (χ1v) is 5.23. The van der Waals surface area contributed by atoms with E-state index in [0.717, 1.165) is 0 Å². The lowest BCUT2D eigenvalue weighted by atomic mass is 10.3. The molecule has 0 radical (unpaired) electrons. The van der Waals surface area contributed by atoms with Gasteiger partial charge in [-0.15, -0.1) is 0 Å². The van der Waals surface area contributed by atoms with Crippen molar-refractivity contribution in [3.05, 3.63) is 21.6 Å². The highest BCUT2D eigenvalue weighted by Gasteiger charge is 2.08. The maximum Gasteiger partial charge on any atom is 0.156 e. The van der Waals surface area contributed by atoms with Crippen molar-refractivity contribution >= 4 is 33.2 Å². The van der Waals surface area contributed by atoms with Gasteiger partial charge in [-0.25, -0.2) is 0 Å². The van der Waals surface area contributed by atoms with Crippen LogP contribution >= 0.6 is 27.5 Å². The number of nitrogens with two attached hydrogens (primary N) is 1. The van der Waals surface area contributed by atoms with Crippen LogP contribution in [0.1, 0.15) is 6.92 Å². The number of aliphatic hydroxyl groups is 1. The van der Waals surface area contributed by atoms with Gasteiger partial charge >= 0.3 is 0 Å². The van der Waals surface area contributed by atoms with E-state index in [1.54, 1.807) is 19.1 Å². The van der Waals surface area contributed by atoms with E-state index in [9.17, 15) is 0 Å². The Morgan fingerprint density at radius 2 is 2.29 bits per heavy atom. The summed E-state index contributed by atoms with van der Waals surface area (Å²) in [4.78, 5) is 0. The standard InChI is InChI=1S/C9H11BrClNO2/c1-5(13)4-14-9-7(10)2-6(11)3-8(9)12/h2-3,5,13H,4,12H2,1H3. The van der Waals surface area contributed by atoms with Crippen molar-refractivity contribution < 1.29 is 9.84 Å². The summed E-state index contributed by atoms with van der Waals surface area (Å²) in [6.07, 6.45) is -0.531. The molecule has 0 fully saturated rings. The number of nitrogen functional groups attached to an aromatic ring is 1. The Labute approximate surface area is 95.9 Å². The fraction of sp³-hybridized carbons (Fsp3) is 0.333. The fourth-order valence-corrected chi connectivity index (χ4v) is 1.88. The second-order valence-electron chi connectivity index (χ2n) is 2.97. The Balaban J connectivity index is 2.86. The van der Waals surface area contributed by atoms with Crippen molar-refractivity contribution in [1.29, 1.82) is 0 Å². The maximum atomic E-state index is 9.04. The van der Waals surface area contributed by atoms with Crippen molar-refractivity contribution in [2.24, 2.45) is 0 Å². The van der Waals surface area contributed by atoms with E-state index in [1.807, 2.05) is 0 Å². The number of aliphatic hydroxyl groups excluding tert-OH is 1. The van der Waals surface area contributed by atoms with Crippen LogP contribution in [0.15, 0.2) is 16.6 Å². The third-order valence-corrected chi connectivity index (χ3v) is 2.31. The van der Waals surface area contributed by atoms with Gasteiger partial charge in [0.2, 0.25) is 0 Å². The summed E-state index contributed by atoms with van der Waals surface area (Å²) in [5.41, 5.74) is 6.14. The molecule has 78 valence electrons. The highest BCUT2D eigenvalue weighted by molar-refractivity contribution is 9.10. The van der Waals surface area contributed by atoms with Gasteiger partial charge in [-0.3, -0.25) is 0 Å². The van der Waals surface area contributed by atoms with Crippen LogP contribution < -0.4 is 10.5 Å². The molecule has 0 saturated carbocycles. The third kappa shape index (κ3) is 3.04. The number of hydrogen-bond donors (Lipinski definition) is 2. The fourth-order valence-electron chi connectivity index (χ4n) is 0.936. The first-order chi connectivity index (χ1) is 6.50. The molecule has 1 rings (SSSR count). The smallest absolute Gasteiger partial charge is 0.156 e. The molecule has 1 unspecified atom stereocenters. The minimum Gasteiger partial charge on any atom is -0.488 e. The molecule has 0 aliphatic heterocycles. The van der Waals surface area contributed by atoms with Crippen molar-refractivity contribution in [2.75, 3.05) is 12.3 Å². The molecule has 0 saturated heterocycles. The molecule has 0 heterocycles. The quantitative estimate of drug-likeness (QED) is 0.836. The van der Waals surface area contributed by atoms with E-state index in [2.05, 4.69) is 15.9 Å². The predicted octanol–water partition coefficient (Wildman–Crippen LogP) is 2.44. The molecular weight excluding hydrogens is 269 g/mol. The monoisotopic (exact) mass is 279 g/mol. The van der Waals surface area contributed by atoms with Crippen molar-refractivity contribution in [3.8, 4) is 5.75 Å². The minimum atomic E-state index is -0.531. The van der Waals surface area contributed by atoms with Gasteiger partial charge in [0.15, 0.2) is 5.75 Å². The molecule has 1 aromatic rings. The largest absolute Gasteiger partial charge is 0.488 e. The molecule has 0 amide bonds. The number of ether oxygens (including phenoxy) is 1. The SMILES string of the molecule is CC(O)COc1c(N)cc(Cl)cc1Br. The Hall–Kier alpha value is -0.450. The van der Waals surface area contributed by atoms with Gasteiger partial charge in [0.05, 0.1) is 16.3 Å². The van der Waals surface area contributed by atoms with Crippen molar-refractivity contribution in [1.82, 2.24) is 0 Å². The van der Waals surface area contributed by atoms with Crippen LogP contribution in [0.4, 0.5) is 5.69 Å². The summed E-state index contributed by atoms with van der Waals surface area (Å²) in [5, 5.41) is 9.58. The second-order valence-corrected chi connectivity index (χ2v) is 4.26. The average molecular weight is 281 g/mol. The molecule has 0 aliphatic rings. The molecular formula is C9H11BrClNO2. The number of hydrogen-bond acceptors (Lipinski definition) is 3. The number of halogens is 2. The van der Waals surface area contributed by atoms with Gasteiger partial charge < -0.3 is 15.6 Å². The summed E-state index contributed by atoms with van der Waals surface area (Å²) in [5.74, 6) is 0.510. The van der Waals surface area contributed by atoms with Gasteiger partial charge in [0, 0.05) is 5.02 Å². The Bertz CT molecular complexity index is 308. The summed E-state index contributed by atoms with van der Waals surface area (Å²) in [6.45, 7) is 1.84. The molecule has 0 bridgehead atoms. The van der Waals surface area contributed by atoms with E-state index >= 15 is 0 Å². The first kappa shape index (κ1) is 11.6. The summed E-state index contributed by atoms with van der Waals surface area (Å²) in [6, 6.07) is 3.29. The predicted molar refractivity (Wildman–Crippen MR) is 60.7 cm³/mol. The zero-order valence-electron chi connectivity index (χ0n) is 7.63. The van der Waals surface area contributed by atoms with Gasteiger partial charge in [-0.05, 0) is 35.0 Å². The van der Waals surface area contributed by atoms with Crippen molar-refractivity contribution in [3.63, 3.8) is 0 Å². The second kappa shape index (κ2) is 4.87. The minimum absolute atomic E-state index is 0.199. The van der Waals surface area contributed by atoms with Crippen LogP contribution in [0.5, 0.6) is 5.75 Å². The van der Waals surface area contributed by atoms with Crippen LogP contribution in [0, 0.1) is 0 Å². The lowest BCUT2D eigenvalue weighted by molar-refractivity contribution is 0.123. The van der Waals surface area contributed by atoms with Crippen LogP contribution in [0.25, 0.3) is 0 Å². The molecule has 3 nitrogen and oxygen atoms in total. The maximum absolute atomic E-state index is 9.04. The average Bonchev–Trinajstić information content (AvgIpc) is 2.01. The molecule has 14 heavy (non-hydrogen) atoms. The summed E-state index contributed by atoms with van der Waals surface area (Å²) >= 11 is 9.05. The van der Waals surface area contributed by atoms with Gasteiger partial charge in [0.25, 0.3) is 0 Å². The Morgan fingerprint density at radius 1 is 1.64 bits per heavy atom. The van der Waals surface area contributed by atoms with Crippen LogP contribution in [-0.2, 0) is 0 Å². The number of anilines is 1. The molecule has 0 spiro atoms. The zero-order valence-corrected chi connectivity index (χ0v) is 9.97. The first-order valence-electron chi connectivity index (χ1n) is 4.06. The van der Waals surface area contributed by atoms with E-state index in [1.165, 1.54) is 0 Å². The highest BCUT2D eigenvalue weighted by atomic mass is 79.9. The van der Waals surface area contributed by atoms with Gasteiger partial charge in [-0.2, -0.15) is 0 Å². The normalized spacial score (nSPS) is 12.6. The Kier molecular flexibility index (Phi) is 4.04. The number of benzene rings is 1. The third-order valence-electron chi connectivity index (χ3n) is 1.51. The van der Waals surface area contributed by atoms with Crippen LogP contribution in [0.3, 0.4) is 0 Å². The molecule has 5 heteroatoms. The van der Waals surface area contributed by atoms with Gasteiger partial charge in [-0.1, -0.05) is 11.6 Å². The van der Waals surface area contributed by atoms with Crippen molar-refractivity contribution in [2.45, 2.75) is 13.0 Å². The van der Waals surface area contributed by atoms with Gasteiger partial charge in [0.1, 0.15) is 6.61 Å². The van der Waals surface area contributed by atoms with Crippen LogP contribution in [-0.4, -0.2) is 17.8 Å². The lowest BCUT2D eigenvalue weighted by Gasteiger charge is -2.12. The topological polar surface area (TPSA) is 55.5 Å². The summed E-state index contributed by atoms with van der Waals surface area (Å²) < 4.78 is 5.99. The summed E-state index contributed by atoms with van der Waals surface area (Å²) in [7, 11) is 0. The zero-order chi connectivity index (χ0) is 10.7. The molecule has 1 aromatic carbocycles. The molecule has 1 atom stereocenters. The molecule has 0 aliphatic carbocycles. The highest BCUT2D eigenvalue weighted by Crippen LogP contribution is 2.34. The molecule has 3 N–H and O–H groups in total. The van der Waals surface area contributed by atoms with E-state index in [-0.39, 0.29) is 6.61 Å². The van der Waals surface area contributed by atoms with Crippen LogP contribution in [0.2, 0.25) is 5.02 Å². The Morgan fingerprint density at radius 3 is 2.79 bits per heavy atom.